The van der Waals surface area contributed by atoms with Crippen LogP contribution < -0.4 is 0 Å². The molecule has 10 heteroatoms. The van der Waals surface area contributed by atoms with Crippen LogP contribution in [0.1, 0.15) is 20.8 Å². The maximum Gasteiger partial charge on any atom is 0.303 e. The molecule has 0 aliphatic carbocycles. The minimum Gasteiger partial charge on any atom is -0.463 e. The smallest absolute Gasteiger partial charge is 0.303 e. The van der Waals surface area contributed by atoms with E-state index in [1.165, 1.54) is 20.8 Å². The number of esters is 3. The lowest BCUT2D eigenvalue weighted by Crippen LogP contribution is -2.58. The predicted octanol–water partition coefficient (Wildman–Crippen LogP) is 1.04. The molecule has 8 nitrogen and oxygen atoms in total. The summed E-state index contributed by atoms with van der Waals surface area (Å²) in [6, 6.07) is 0. The normalized spacial score (nSPS) is 29.8. The third kappa shape index (κ3) is 6.13. The molecule has 0 spiro atoms. The number of thiocarbonyl (C=S) groups is 1. The number of hydrogen-bond acceptors (Lipinski definition) is 9. The van der Waals surface area contributed by atoms with E-state index in [4.69, 9.17) is 18.9 Å². The SMILES string of the molecule is CC(=O)OC[C@H]1O[C@H](N=C=S)[C@@H](I)[C@@H](OC(C)=O)[C@@H]1OC(C)=O. The zero-order valence-corrected chi connectivity index (χ0v) is 15.7. The first-order chi connectivity index (χ1) is 10.8. The summed E-state index contributed by atoms with van der Waals surface area (Å²) in [5, 5.41) is 2.21. The van der Waals surface area contributed by atoms with Crippen LogP contribution in [0, 0.1) is 0 Å². The van der Waals surface area contributed by atoms with E-state index in [1.807, 2.05) is 22.6 Å². The summed E-state index contributed by atoms with van der Waals surface area (Å²) in [6.07, 6.45) is -3.39. The molecule has 0 aromatic heterocycles. The van der Waals surface area contributed by atoms with Crippen LogP contribution in [-0.2, 0) is 33.3 Å². The van der Waals surface area contributed by atoms with Gasteiger partial charge in [-0.3, -0.25) is 14.4 Å². The molecule has 0 amide bonds. The molecule has 1 heterocycles. The first-order valence-corrected chi connectivity index (χ1v) is 8.26. The van der Waals surface area contributed by atoms with Gasteiger partial charge in [0.25, 0.3) is 0 Å². The van der Waals surface area contributed by atoms with Crippen LogP contribution in [-0.4, -0.2) is 58.1 Å². The van der Waals surface area contributed by atoms with E-state index in [2.05, 4.69) is 22.4 Å². The number of hydrogen-bond donors (Lipinski definition) is 0. The number of isothiocyanates is 1. The average molecular weight is 457 g/mol. The van der Waals surface area contributed by atoms with Crippen molar-refractivity contribution in [2.24, 2.45) is 4.99 Å². The summed E-state index contributed by atoms with van der Waals surface area (Å²) in [4.78, 5) is 37.6. The van der Waals surface area contributed by atoms with Gasteiger partial charge in [-0.05, 0) is 12.2 Å². The lowest BCUT2D eigenvalue weighted by Gasteiger charge is -2.41. The highest BCUT2D eigenvalue weighted by Gasteiger charge is 2.49. The summed E-state index contributed by atoms with van der Waals surface area (Å²) in [5.74, 6) is -1.65. The fourth-order valence-corrected chi connectivity index (χ4v) is 3.02. The molecule has 0 aromatic carbocycles. The summed E-state index contributed by atoms with van der Waals surface area (Å²) in [5.41, 5.74) is 0. The van der Waals surface area contributed by atoms with E-state index in [-0.39, 0.29) is 6.61 Å². The number of aliphatic imine (C=N–C) groups is 1. The van der Waals surface area contributed by atoms with E-state index < -0.39 is 46.4 Å². The number of nitrogens with zero attached hydrogens (tertiary/aromatic N) is 1. The van der Waals surface area contributed by atoms with Crippen molar-refractivity contribution >= 4 is 57.9 Å². The van der Waals surface area contributed by atoms with Crippen molar-refractivity contribution in [1.29, 1.82) is 0 Å². The molecule has 1 aliphatic heterocycles. The Balaban J connectivity index is 3.09. The quantitative estimate of drug-likeness (QED) is 0.151. The zero-order valence-electron chi connectivity index (χ0n) is 12.7. The molecule has 0 saturated carbocycles. The monoisotopic (exact) mass is 457 g/mol. The van der Waals surface area contributed by atoms with Gasteiger partial charge in [-0.15, -0.1) is 0 Å². The van der Waals surface area contributed by atoms with Crippen LogP contribution in [0.15, 0.2) is 4.99 Å². The lowest BCUT2D eigenvalue weighted by molar-refractivity contribution is -0.209. The van der Waals surface area contributed by atoms with Crippen LogP contribution in [0.2, 0.25) is 0 Å². The van der Waals surface area contributed by atoms with Crippen LogP contribution in [0.3, 0.4) is 0 Å². The average Bonchev–Trinajstić information content (AvgIpc) is 2.43. The van der Waals surface area contributed by atoms with Gasteiger partial charge in [0.1, 0.15) is 12.7 Å². The van der Waals surface area contributed by atoms with Crippen molar-refractivity contribution in [3.63, 3.8) is 0 Å². The van der Waals surface area contributed by atoms with Gasteiger partial charge in [-0.1, -0.05) is 22.6 Å². The molecule has 0 radical (unpaired) electrons. The Morgan fingerprint density at radius 3 is 2.17 bits per heavy atom. The molecular formula is C13H16INO7S. The maximum atomic E-state index is 11.4. The summed E-state index contributed by atoms with van der Waals surface area (Å²) in [6.45, 7) is 3.51. The third-order valence-corrected chi connectivity index (χ3v) is 4.26. The van der Waals surface area contributed by atoms with Gasteiger partial charge in [0.2, 0.25) is 0 Å². The van der Waals surface area contributed by atoms with Gasteiger partial charge in [-0.2, -0.15) is 4.99 Å². The predicted molar refractivity (Wildman–Crippen MR) is 89.2 cm³/mol. The fourth-order valence-electron chi connectivity index (χ4n) is 2.03. The number of halogens is 1. The maximum absolute atomic E-state index is 11.4. The highest BCUT2D eigenvalue weighted by atomic mass is 127. The number of rotatable bonds is 5. The Kier molecular flexibility index (Phi) is 8.03. The number of carbonyl (C=O) groups excluding carboxylic acids is 3. The minimum atomic E-state index is -0.936. The zero-order chi connectivity index (χ0) is 17.6. The molecule has 1 rings (SSSR count). The van der Waals surface area contributed by atoms with E-state index in [1.54, 1.807) is 0 Å². The number of alkyl halides is 1. The van der Waals surface area contributed by atoms with Gasteiger partial charge < -0.3 is 18.9 Å². The first-order valence-electron chi connectivity index (χ1n) is 6.60. The first kappa shape index (κ1) is 19.9. The summed E-state index contributed by atoms with van der Waals surface area (Å²) < 4.78 is 20.6. The van der Waals surface area contributed by atoms with E-state index in [0.717, 1.165) is 0 Å². The van der Waals surface area contributed by atoms with Crippen LogP contribution in [0.25, 0.3) is 0 Å². The van der Waals surface area contributed by atoms with E-state index in [9.17, 15) is 14.4 Å². The number of carbonyl (C=O) groups is 3. The molecule has 0 aromatic rings. The van der Waals surface area contributed by atoms with Crippen molar-refractivity contribution in [2.75, 3.05) is 6.61 Å². The van der Waals surface area contributed by atoms with Crippen molar-refractivity contribution in [3.8, 4) is 0 Å². The Labute approximate surface area is 152 Å². The third-order valence-electron chi connectivity index (χ3n) is 2.83. The molecule has 1 fully saturated rings. The highest BCUT2D eigenvalue weighted by molar-refractivity contribution is 14.1. The van der Waals surface area contributed by atoms with Crippen LogP contribution in [0.4, 0.5) is 0 Å². The Bertz CT molecular complexity index is 522. The van der Waals surface area contributed by atoms with Gasteiger partial charge in [-0.25, -0.2) is 0 Å². The summed E-state index contributed by atoms with van der Waals surface area (Å²) in [7, 11) is 0. The minimum absolute atomic E-state index is 0.183. The van der Waals surface area contributed by atoms with Gasteiger partial charge >= 0.3 is 17.9 Å². The molecule has 1 aliphatic rings. The second kappa shape index (κ2) is 9.26. The molecular weight excluding hydrogens is 441 g/mol. The second-order valence-electron chi connectivity index (χ2n) is 4.68. The Morgan fingerprint density at radius 1 is 1.13 bits per heavy atom. The molecule has 0 bridgehead atoms. The van der Waals surface area contributed by atoms with Crippen molar-refractivity contribution in [2.45, 2.75) is 49.2 Å². The Hall–Kier alpha value is -1.10. The molecule has 23 heavy (non-hydrogen) atoms. The van der Waals surface area contributed by atoms with Gasteiger partial charge in [0, 0.05) is 20.8 Å². The van der Waals surface area contributed by atoms with Crippen molar-refractivity contribution < 1.29 is 33.3 Å². The molecule has 0 unspecified atom stereocenters. The van der Waals surface area contributed by atoms with Crippen molar-refractivity contribution in [1.82, 2.24) is 0 Å². The molecule has 128 valence electrons. The Morgan fingerprint density at radius 2 is 1.70 bits per heavy atom. The van der Waals surface area contributed by atoms with Crippen LogP contribution >= 0.6 is 34.8 Å². The molecule has 0 N–H and O–H groups in total. The van der Waals surface area contributed by atoms with Gasteiger partial charge in [0.15, 0.2) is 18.4 Å². The molecule has 5 atom stereocenters. The number of ether oxygens (including phenoxy) is 4. The van der Waals surface area contributed by atoms with Crippen molar-refractivity contribution in [3.05, 3.63) is 0 Å². The summed E-state index contributed by atoms with van der Waals surface area (Å²) >= 11 is 6.55. The lowest BCUT2D eigenvalue weighted by atomic mass is 10.0. The topological polar surface area (TPSA) is 100 Å². The largest absolute Gasteiger partial charge is 0.463 e. The standard InChI is InChI=1S/C13H16INO7S/c1-6(16)19-4-9-11(20-7(2)17)12(21-8(3)18)10(14)13(22-9)15-5-23/h9-13H,4H2,1-3H3/t9-,10+,11-,12-,13+/m1/s1. The highest BCUT2D eigenvalue weighted by Crippen LogP contribution is 2.32. The molecule has 1 saturated heterocycles. The second-order valence-corrected chi connectivity index (χ2v) is 6.30. The van der Waals surface area contributed by atoms with E-state index >= 15 is 0 Å². The van der Waals surface area contributed by atoms with Gasteiger partial charge in [0.05, 0.1) is 9.09 Å². The van der Waals surface area contributed by atoms with E-state index in [0.29, 0.717) is 0 Å². The fraction of sp³-hybridized carbons (Fsp3) is 0.692. The van der Waals surface area contributed by atoms with Crippen LogP contribution in [0.5, 0.6) is 0 Å².